The zero-order chi connectivity index (χ0) is 18.9. The van der Waals surface area contributed by atoms with Crippen molar-refractivity contribution in [2.75, 3.05) is 19.3 Å². The Morgan fingerprint density at radius 2 is 2.35 bits per heavy atom. The van der Waals surface area contributed by atoms with Gasteiger partial charge in [-0.3, -0.25) is 4.99 Å². The number of aliphatic imine (C=N–C) groups is 1. The maximum atomic E-state index is 5.35. The van der Waals surface area contributed by atoms with Gasteiger partial charge in [0, 0.05) is 23.4 Å². The molecule has 0 aromatic heterocycles. The molecule has 0 amide bonds. The van der Waals surface area contributed by atoms with E-state index >= 15 is 0 Å². The largest absolute Gasteiger partial charge is 0.405 e. The number of thioether (sulfide) groups is 1. The van der Waals surface area contributed by atoms with Crippen LogP contribution in [-0.2, 0) is 0 Å². The first-order valence-electron chi connectivity index (χ1n) is 9.00. The van der Waals surface area contributed by atoms with Crippen molar-refractivity contribution in [3.05, 3.63) is 58.8 Å². The molecule has 0 saturated carbocycles. The molecule has 137 valence electrons. The molecule has 0 aliphatic carbocycles. The summed E-state index contributed by atoms with van der Waals surface area (Å²) in [6.07, 6.45) is 15.6. The molecule has 26 heavy (non-hydrogen) atoms. The quantitative estimate of drug-likeness (QED) is 0.399. The summed E-state index contributed by atoms with van der Waals surface area (Å²) in [5.74, 6) is 1.36. The fraction of sp³-hybridized carbons (Fsp3) is 0.400. The second kappa shape index (κ2) is 10.3. The van der Waals surface area contributed by atoms with E-state index in [0.29, 0.717) is 12.4 Å². The molecule has 2 N–H and O–H groups in total. The third-order valence-electron chi connectivity index (χ3n) is 4.38. The molecule has 1 saturated heterocycles. The maximum Gasteiger partial charge on any atom is 0.280 e. The van der Waals surface area contributed by atoms with Gasteiger partial charge >= 0.3 is 0 Å². The molecule has 1 unspecified atom stereocenters. The van der Waals surface area contributed by atoms with Gasteiger partial charge in [0.25, 0.3) is 7.41 Å². The van der Waals surface area contributed by atoms with Crippen molar-refractivity contribution in [2.45, 2.75) is 32.5 Å². The summed E-state index contributed by atoms with van der Waals surface area (Å²) < 4.78 is 0. The molecule has 0 aromatic rings. The van der Waals surface area contributed by atoms with Crippen LogP contribution >= 0.6 is 11.8 Å². The number of amidine groups is 1. The Hall–Kier alpha value is -1.95. The number of nitrogens with zero attached hydrogens (tertiary/aromatic N) is 3. The molecule has 2 aliphatic rings. The number of hydrogen-bond donors (Lipinski definition) is 1. The summed E-state index contributed by atoms with van der Waals surface area (Å²) in [4.78, 5) is 12.6. The van der Waals surface area contributed by atoms with Crippen LogP contribution in [0, 0.1) is 0 Å². The maximum absolute atomic E-state index is 5.35. The Morgan fingerprint density at radius 1 is 1.54 bits per heavy atom. The van der Waals surface area contributed by atoms with Gasteiger partial charge in [-0.2, -0.15) is 0 Å². The average molecular weight is 367 g/mol. The van der Waals surface area contributed by atoms with Gasteiger partial charge in [-0.25, -0.2) is 0 Å². The Balaban J connectivity index is 2.34. The van der Waals surface area contributed by atoms with Crippen LogP contribution in [0.4, 0.5) is 0 Å². The van der Waals surface area contributed by atoms with Crippen molar-refractivity contribution in [1.82, 2.24) is 4.90 Å². The Labute approximate surface area is 162 Å². The summed E-state index contributed by atoms with van der Waals surface area (Å²) in [7, 11) is 2.02. The summed E-state index contributed by atoms with van der Waals surface area (Å²) >= 11 is 1.66. The van der Waals surface area contributed by atoms with E-state index in [-0.39, 0.29) is 0 Å². The molecule has 1 fully saturated rings. The second-order valence-corrected chi connectivity index (χ2v) is 7.07. The number of nitrogens with two attached hydrogens (primary N) is 1. The minimum atomic E-state index is 0.355. The normalized spacial score (nSPS) is 21.2. The van der Waals surface area contributed by atoms with Crippen molar-refractivity contribution in [1.29, 1.82) is 0 Å². The van der Waals surface area contributed by atoms with Crippen molar-refractivity contribution in [2.24, 2.45) is 15.6 Å². The predicted octanol–water partition coefficient (Wildman–Crippen LogP) is 4.10. The van der Waals surface area contributed by atoms with Crippen LogP contribution in [0.5, 0.6) is 0 Å². The van der Waals surface area contributed by atoms with Crippen LogP contribution in [0.3, 0.4) is 0 Å². The van der Waals surface area contributed by atoms with Gasteiger partial charge < -0.3 is 15.5 Å². The molecular formula is C20H28BN4S. The predicted molar refractivity (Wildman–Crippen MR) is 118 cm³/mol. The summed E-state index contributed by atoms with van der Waals surface area (Å²) in [5.41, 5.74) is 9.31. The molecule has 4 nitrogen and oxygen atoms in total. The zero-order valence-electron chi connectivity index (χ0n) is 16.0. The lowest BCUT2D eigenvalue weighted by atomic mass is 9.75. The van der Waals surface area contributed by atoms with E-state index in [1.165, 1.54) is 23.0 Å². The smallest absolute Gasteiger partial charge is 0.280 e. The van der Waals surface area contributed by atoms with E-state index in [4.69, 9.17) is 10.7 Å². The lowest BCUT2D eigenvalue weighted by molar-refractivity contribution is 0.570. The van der Waals surface area contributed by atoms with Crippen molar-refractivity contribution in [3.63, 3.8) is 0 Å². The van der Waals surface area contributed by atoms with E-state index < -0.39 is 0 Å². The molecule has 1 atom stereocenters. The minimum Gasteiger partial charge on any atom is -0.405 e. The fourth-order valence-electron chi connectivity index (χ4n) is 3.25. The van der Waals surface area contributed by atoms with Gasteiger partial charge in [-0.05, 0) is 55.3 Å². The van der Waals surface area contributed by atoms with Gasteiger partial charge in [0.2, 0.25) is 0 Å². The summed E-state index contributed by atoms with van der Waals surface area (Å²) in [6, 6.07) is 0. The average Bonchev–Trinajstić information content (AvgIpc) is 3.07. The molecule has 2 rings (SSSR count). The zero-order valence-corrected chi connectivity index (χ0v) is 16.8. The molecule has 1 radical (unpaired) electrons. The van der Waals surface area contributed by atoms with E-state index in [1.807, 2.05) is 7.41 Å². The molecule has 0 bridgehead atoms. The SMILES string of the molecule is C=C(SC)C1=NCC(C(/C=C\C)=C/CC)=C2CC([B]/N=C/C=C\N)CN12. The van der Waals surface area contributed by atoms with Crippen molar-refractivity contribution < 1.29 is 0 Å². The number of rotatable bonds is 8. The van der Waals surface area contributed by atoms with Crippen LogP contribution in [0.25, 0.3) is 0 Å². The number of hydrogen-bond acceptors (Lipinski definition) is 5. The Bertz CT molecular complexity index is 701. The lowest BCUT2D eigenvalue weighted by Crippen LogP contribution is -2.32. The first-order chi connectivity index (χ1) is 12.7. The topological polar surface area (TPSA) is 54.0 Å². The summed E-state index contributed by atoms with van der Waals surface area (Å²) in [6.45, 7) is 10.0. The van der Waals surface area contributed by atoms with Gasteiger partial charge in [0.1, 0.15) is 5.84 Å². The van der Waals surface area contributed by atoms with Crippen molar-refractivity contribution in [3.8, 4) is 0 Å². The molecule has 2 aliphatic heterocycles. The van der Waals surface area contributed by atoms with E-state index in [9.17, 15) is 0 Å². The van der Waals surface area contributed by atoms with E-state index in [1.54, 1.807) is 24.1 Å². The monoisotopic (exact) mass is 367 g/mol. The third-order valence-corrected chi connectivity index (χ3v) is 5.06. The lowest BCUT2D eigenvalue weighted by Gasteiger charge is -2.30. The number of allylic oxidation sites excluding steroid dienone is 5. The van der Waals surface area contributed by atoms with Gasteiger partial charge in [-0.15, -0.1) is 11.8 Å². The van der Waals surface area contributed by atoms with Crippen LogP contribution in [0.1, 0.15) is 26.7 Å². The molecular weight excluding hydrogens is 339 g/mol. The van der Waals surface area contributed by atoms with Crippen LogP contribution < -0.4 is 5.73 Å². The van der Waals surface area contributed by atoms with Gasteiger partial charge in [0.05, 0.1) is 6.54 Å². The minimum absolute atomic E-state index is 0.355. The highest BCUT2D eigenvalue weighted by atomic mass is 32.2. The molecule has 0 spiro atoms. The standard InChI is InChI=1S/C20H28BN4S/c1-5-8-16(9-6-2)18-13-23-20(15(3)26-4)25-14-17(12-19(18)25)21-24-11-7-10-22/h5,7-11,17H,3,6,12-14,22H2,1-2,4H3/b8-5-,10-7-,16-9+,24-11+. The fourth-order valence-corrected chi connectivity index (χ4v) is 3.61. The summed E-state index contributed by atoms with van der Waals surface area (Å²) in [5, 5.41) is 0. The van der Waals surface area contributed by atoms with Crippen molar-refractivity contribution >= 4 is 31.2 Å². The second-order valence-electron chi connectivity index (χ2n) is 6.17. The van der Waals surface area contributed by atoms with Crippen LogP contribution in [0.2, 0.25) is 5.82 Å². The highest BCUT2D eigenvalue weighted by Crippen LogP contribution is 2.39. The van der Waals surface area contributed by atoms with Gasteiger partial charge in [0.15, 0.2) is 0 Å². The number of fused-ring (bicyclic) bond motifs is 1. The third kappa shape index (κ3) is 4.82. The highest BCUT2D eigenvalue weighted by Gasteiger charge is 2.35. The highest BCUT2D eigenvalue weighted by molar-refractivity contribution is 8.03. The van der Waals surface area contributed by atoms with Crippen LogP contribution in [0.15, 0.2) is 68.7 Å². The van der Waals surface area contributed by atoms with E-state index in [0.717, 1.165) is 30.1 Å². The van der Waals surface area contributed by atoms with E-state index in [2.05, 4.69) is 54.7 Å². The first kappa shape index (κ1) is 20.4. The Morgan fingerprint density at radius 3 is 3.00 bits per heavy atom. The molecule has 6 heteroatoms. The van der Waals surface area contributed by atoms with Crippen LogP contribution in [-0.4, -0.2) is 43.7 Å². The Kier molecular flexibility index (Phi) is 8.04. The molecule has 2 heterocycles. The molecule has 0 aromatic carbocycles. The first-order valence-corrected chi connectivity index (χ1v) is 10.2. The van der Waals surface area contributed by atoms with Gasteiger partial charge in [-0.1, -0.05) is 31.7 Å².